The molecule has 0 saturated heterocycles. The summed E-state index contributed by atoms with van der Waals surface area (Å²) >= 11 is 5.66. The number of rotatable bonds is 4. The van der Waals surface area contributed by atoms with Gasteiger partial charge in [-0.05, 0) is 59.3 Å². The van der Waals surface area contributed by atoms with Gasteiger partial charge in [-0.15, -0.1) is 0 Å². The van der Waals surface area contributed by atoms with Gasteiger partial charge in [-0.25, -0.2) is 0 Å². The van der Waals surface area contributed by atoms with Crippen LogP contribution in [-0.4, -0.2) is 0 Å². The van der Waals surface area contributed by atoms with Gasteiger partial charge in [-0.2, -0.15) is 0 Å². The molecule has 0 aliphatic carbocycles. The standard InChI is InChI=1S/C13H13BrINO/c1-9(10-3-2-4-11(14)7-10)16-8-12-5-6-13(15)17-12/h2-7,9,16H,8H2,1H3/t9-/m1/s1. The summed E-state index contributed by atoms with van der Waals surface area (Å²) in [5.74, 6) is 0.969. The van der Waals surface area contributed by atoms with E-state index in [0.29, 0.717) is 6.04 Å². The second kappa shape index (κ2) is 6.02. The largest absolute Gasteiger partial charge is 0.454 e. The Morgan fingerprint density at radius 2 is 2.18 bits per heavy atom. The van der Waals surface area contributed by atoms with Crippen LogP contribution in [0.15, 0.2) is 45.3 Å². The lowest BCUT2D eigenvalue weighted by Gasteiger charge is -2.13. The topological polar surface area (TPSA) is 25.2 Å². The maximum atomic E-state index is 5.51. The van der Waals surface area contributed by atoms with Gasteiger partial charge in [-0.3, -0.25) is 0 Å². The van der Waals surface area contributed by atoms with Gasteiger partial charge in [0.05, 0.1) is 6.54 Å². The van der Waals surface area contributed by atoms with Gasteiger partial charge >= 0.3 is 0 Å². The van der Waals surface area contributed by atoms with E-state index in [0.717, 1.165) is 20.5 Å². The highest BCUT2D eigenvalue weighted by atomic mass is 127. The van der Waals surface area contributed by atoms with Gasteiger partial charge in [0.2, 0.25) is 0 Å². The number of benzene rings is 1. The van der Waals surface area contributed by atoms with E-state index >= 15 is 0 Å². The van der Waals surface area contributed by atoms with Crippen molar-refractivity contribution in [2.24, 2.45) is 0 Å². The molecule has 2 nitrogen and oxygen atoms in total. The van der Waals surface area contributed by atoms with E-state index in [1.807, 2.05) is 24.3 Å². The lowest BCUT2D eigenvalue weighted by atomic mass is 10.1. The quantitative estimate of drug-likeness (QED) is 0.757. The first kappa shape index (κ1) is 13.1. The average molecular weight is 406 g/mol. The third kappa shape index (κ3) is 3.82. The zero-order valence-electron chi connectivity index (χ0n) is 9.41. The average Bonchev–Trinajstić information content (AvgIpc) is 2.72. The van der Waals surface area contributed by atoms with E-state index in [1.165, 1.54) is 5.56 Å². The van der Waals surface area contributed by atoms with Crippen LogP contribution in [0.3, 0.4) is 0 Å². The van der Waals surface area contributed by atoms with Crippen molar-refractivity contribution in [1.29, 1.82) is 0 Å². The highest BCUT2D eigenvalue weighted by Gasteiger charge is 2.06. The van der Waals surface area contributed by atoms with E-state index in [4.69, 9.17) is 4.42 Å². The van der Waals surface area contributed by atoms with Crippen molar-refractivity contribution >= 4 is 38.5 Å². The minimum atomic E-state index is 0.301. The first-order valence-electron chi connectivity index (χ1n) is 5.38. The van der Waals surface area contributed by atoms with Crippen molar-refractivity contribution in [3.05, 3.63) is 56.0 Å². The molecular formula is C13H13BrINO. The van der Waals surface area contributed by atoms with Crippen molar-refractivity contribution in [2.75, 3.05) is 0 Å². The number of nitrogens with one attached hydrogen (secondary N) is 1. The van der Waals surface area contributed by atoms with Crippen molar-refractivity contribution < 1.29 is 4.42 Å². The normalized spacial score (nSPS) is 12.6. The summed E-state index contributed by atoms with van der Waals surface area (Å²) in [5, 5.41) is 3.44. The molecule has 0 bridgehead atoms. The number of halogens is 2. The van der Waals surface area contributed by atoms with Crippen LogP contribution < -0.4 is 5.32 Å². The summed E-state index contributed by atoms with van der Waals surface area (Å²) in [5.41, 5.74) is 1.26. The summed E-state index contributed by atoms with van der Waals surface area (Å²) in [6, 6.07) is 12.6. The predicted molar refractivity (Wildman–Crippen MR) is 80.8 cm³/mol. The molecule has 0 fully saturated rings. The van der Waals surface area contributed by atoms with Crippen molar-refractivity contribution in [3.63, 3.8) is 0 Å². The van der Waals surface area contributed by atoms with Crippen molar-refractivity contribution in [1.82, 2.24) is 5.32 Å². The molecule has 0 saturated carbocycles. The molecule has 1 N–H and O–H groups in total. The second-order valence-corrected chi connectivity index (χ2v) is 5.84. The fourth-order valence-electron chi connectivity index (χ4n) is 1.59. The Balaban J connectivity index is 1.95. The molecule has 2 rings (SSSR count). The summed E-state index contributed by atoms with van der Waals surface area (Å²) in [7, 11) is 0. The lowest BCUT2D eigenvalue weighted by Crippen LogP contribution is -2.17. The van der Waals surface area contributed by atoms with E-state index in [9.17, 15) is 0 Å². The fraction of sp³-hybridized carbons (Fsp3) is 0.231. The molecule has 0 spiro atoms. The van der Waals surface area contributed by atoms with Gasteiger partial charge in [0.15, 0.2) is 3.77 Å². The molecule has 0 amide bonds. The number of hydrogen-bond acceptors (Lipinski definition) is 2. The first-order valence-corrected chi connectivity index (χ1v) is 7.25. The van der Waals surface area contributed by atoms with Gasteiger partial charge < -0.3 is 9.73 Å². The summed E-state index contributed by atoms with van der Waals surface area (Å²) < 4.78 is 7.54. The van der Waals surface area contributed by atoms with Crippen molar-refractivity contribution in [2.45, 2.75) is 19.5 Å². The van der Waals surface area contributed by atoms with E-state index in [-0.39, 0.29) is 0 Å². The summed E-state index contributed by atoms with van der Waals surface area (Å²) in [6.45, 7) is 2.90. The number of hydrogen-bond donors (Lipinski definition) is 1. The van der Waals surface area contributed by atoms with Crippen LogP contribution in [0.4, 0.5) is 0 Å². The van der Waals surface area contributed by atoms with Crippen LogP contribution in [0.2, 0.25) is 0 Å². The van der Waals surface area contributed by atoms with Gasteiger partial charge in [-0.1, -0.05) is 28.1 Å². The molecule has 1 aromatic heterocycles. The second-order valence-electron chi connectivity index (χ2n) is 3.86. The Hall–Kier alpha value is -0.330. The van der Waals surface area contributed by atoms with E-state index in [1.54, 1.807) is 0 Å². The molecule has 90 valence electrons. The molecule has 4 heteroatoms. The maximum Gasteiger partial charge on any atom is 0.164 e. The zero-order chi connectivity index (χ0) is 12.3. The Morgan fingerprint density at radius 1 is 1.35 bits per heavy atom. The monoisotopic (exact) mass is 405 g/mol. The summed E-state index contributed by atoms with van der Waals surface area (Å²) in [4.78, 5) is 0. The molecular weight excluding hydrogens is 393 g/mol. The maximum absolute atomic E-state index is 5.51. The zero-order valence-corrected chi connectivity index (χ0v) is 13.2. The van der Waals surface area contributed by atoms with Crippen molar-refractivity contribution in [3.8, 4) is 0 Å². The molecule has 0 radical (unpaired) electrons. The smallest absolute Gasteiger partial charge is 0.164 e. The molecule has 0 aliphatic rings. The number of furan rings is 1. The molecule has 0 aliphatic heterocycles. The minimum Gasteiger partial charge on any atom is -0.454 e. The van der Waals surface area contributed by atoms with Crippen LogP contribution in [-0.2, 0) is 6.54 Å². The first-order chi connectivity index (χ1) is 8.15. The molecule has 1 heterocycles. The van der Waals surface area contributed by atoms with E-state index < -0.39 is 0 Å². The fourth-order valence-corrected chi connectivity index (χ4v) is 2.47. The van der Waals surface area contributed by atoms with Gasteiger partial charge in [0, 0.05) is 10.5 Å². The van der Waals surface area contributed by atoms with Gasteiger partial charge in [0.25, 0.3) is 0 Å². The molecule has 0 unspecified atom stereocenters. The highest BCUT2D eigenvalue weighted by molar-refractivity contribution is 14.1. The lowest BCUT2D eigenvalue weighted by molar-refractivity contribution is 0.445. The van der Waals surface area contributed by atoms with Crippen LogP contribution in [0, 0.1) is 3.77 Å². The molecule has 1 aromatic carbocycles. The van der Waals surface area contributed by atoms with Crippen LogP contribution >= 0.6 is 38.5 Å². The Bertz CT molecular complexity index is 498. The molecule has 2 aromatic rings. The van der Waals surface area contributed by atoms with Crippen LogP contribution in [0.25, 0.3) is 0 Å². The molecule has 1 atom stereocenters. The highest BCUT2D eigenvalue weighted by Crippen LogP contribution is 2.18. The Morgan fingerprint density at radius 3 is 2.82 bits per heavy atom. The third-order valence-corrected chi connectivity index (χ3v) is 3.63. The van der Waals surface area contributed by atoms with Crippen LogP contribution in [0.1, 0.15) is 24.3 Å². The Labute approximate surface area is 123 Å². The third-order valence-electron chi connectivity index (χ3n) is 2.56. The van der Waals surface area contributed by atoms with Crippen LogP contribution in [0.5, 0.6) is 0 Å². The minimum absolute atomic E-state index is 0.301. The Kier molecular flexibility index (Phi) is 4.64. The van der Waals surface area contributed by atoms with E-state index in [2.05, 4.69) is 62.9 Å². The molecule has 17 heavy (non-hydrogen) atoms. The summed E-state index contributed by atoms with van der Waals surface area (Å²) in [6.07, 6.45) is 0. The predicted octanol–water partition coefficient (Wildman–Crippen LogP) is 4.50. The SMILES string of the molecule is C[C@@H](NCc1ccc(I)o1)c1cccc(Br)c1. The van der Waals surface area contributed by atoms with Gasteiger partial charge in [0.1, 0.15) is 5.76 Å².